The number of anilines is 1. The molecule has 1 heterocycles. The number of rotatable bonds is 6. The van der Waals surface area contributed by atoms with E-state index in [1.165, 1.54) is 49.0 Å². The topological polar surface area (TPSA) is 84.9 Å². The summed E-state index contributed by atoms with van der Waals surface area (Å²) in [5.41, 5.74) is 0.489. The predicted octanol–water partition coefficient (Wildman–Crippen LogP) is 3.10. The van der Waals surface area contributed by atoms with Gasteiger partial charge in [-0.05, 0) is 41.8 Å². The van der Waals surface area contributed by atoms with E-state index in [1.807, 2.05) is 6.07 Å². The SMILES string of the molecule is CNC(=O)c1cc2cc(N(C)S(=O)(=O)c3ccc(OC)c(OC)c3)ccc2s1. The van der Waals surface area contributed by atoms with Crippen molar-refractivity contribution in [1.29, 1.82) is 0 Å². The standard InChI is InChI=1S/C19H20N2O5S2/c1-20-19(22)18-10-12-9-13(5-8-17(12)27-18)21(2)28(23,24)14-6-7-15(25-3)16(11-14)26-4/h5-11H,1-4H3,(H,20,22). The van der Waals surface area contributed by atoms with E-state index in [9.17, 15) is 13.2 Å². The largest absolute Gasteiger partial charge is 0.493 e. The predicted molar refractivity (Wildman–Crippen MR) is 110 cm³/mol. The maximum Gasteiger partial charge on any atom is 0.264 e. The molecule has 2 aromatic carbocycles. The van der Waals surface area contributed by atoms with Gasteiger partial charge in [-0.1, -0.05) is 0 Å². The van der Waals surface area contributed by atoms with Crippen LogP contribution in [-0.4, -0.2) is 42.6 Å². The molecule has 0 aliphatic heterocycles. The highest BCUT2D eigenvalue weighted by molar-refractivity contribution is 7.92. The van der Waals surface area contributed by atoms with E-state index in [0.717, 1.165) is 10.1 Å². The summed E-state index contributed by atoms with van der Waals surface area (Å²) >= 11 is 1.35. The van der Waals surface area contributed by atoms with Crippen LogP contribution in [0, 0.1) is 0 Å². The molecule has 0 saturated carbocycles. The summed E-state index contributed by atoms with van der Waals surface area (Å²) in [4.78, 5) is 12.5. The molecule has 1 amide bonds. The number of nitrogens with one attached hydrogen (secondary N) is 1. The molecule has 3 aromatic rings. The number of sulfonamides is 1. The summed E-state index contributed by atoms with van der Waals surface area (Å²) in [5, 5.41) is 3.39. The molecule has 0 spiro atoms. The third-order valence-corrected chi connectivity index (χ3v) is 7.22. The Morgan fingerprint density at radius 1 is 1.04 bits per heavy atom. The van der Waals surface area contributed by atoms with Crippen LogP contribution in [0.5, 0.6) is 11.5 Å². The van der Waals surface area contributed by atoms with Crippen molar-refractivity contribution in [3.63, 3.8) is 0 Å². The number of carbonyl (C=O) groups excluding carboxylic acids is 1. The van der Waals surface area contributed by atoms with Crippen LogP contribution >= 0.6 is 11.3 Å². The third kappa shape index (κ3) is 3.50. The quantitative estimate of drug-likeness (QED) is 0.662. The van der Waals surface area contributed by atoms with E-state index in [0.29, 0.717) is 22.1 Å². The number of thiophene rings is 1. The minimum Gasteiger partial charge on any atom is -0.493 e. The van der Waals surface area contributed by atoms with Crippen LogP contribution < -0.4 is 19.1 Å². The number of hydrogen-bond donors (Lipinski definition) is 1. The molecular weight excluding hydrogens is 400 g/mol. The number of carbonyl (C=O) groups is 1. The molecule has 9 heteroatoms. The van der Waals surface area contributed by atoms with Gasteiger partial charge in [-0.15, -0.1) is 11.3 Å². The van der Waals surface area contributed by atoms with Crippen LogP contribution in [0.4, 0.5) is 5.69 Å². The lowest BCUT2D eigenvalue weighted by atomic mass is 10.2. The monoisotopic (exact) mass is 420 g/mol. The van der Waals surface area contributed by atoms with Gasteiger partial charge in [0, 0.05) is 24.9 Å². The van der Waals surface area contributed by atoms with Crippen molar-refractivity contribution < 1.29 is 22.7 Å². The minimum atomic E-state index is -3.81. The van der Waals surface area contributed by atoms with E-state index >= 15 is 0 Å². The fourth-order valence-corrected chi connectivity index (χ4v) is 4.93. The second kappa shape index (κ2) is 7.69. The Morgan fingerprint density at radius 3 is 2.39 bits per heavy atom. The second-order valence-electron chi connectivity index (χ2n) is 5.90. The average Bonchev–Trinajstić information content (AvgIpc) is 3.15. The average molecular weight is 421 g/mol. The van der Waals surface area contributed by atoms with Gasteiger partial charge in [-0.25, -0.2) is 8.42 Å². The molecule has 0 radical (unpaired) electrons. The van der Waals surface area contributed by atoms with Gasteiger partial charge in [0.15, 0.2) is 11.5 Å². The third-order valence-electron chi connectivity index (χ3n) is 4.33. The molecule has 0 fully saturated rings. The molecule has 3 rings (SSSR count). The van der Waals surface area contributed by atoms with Gasteiger partial charge >= 0.3 is 0 Å². The van der Waals surface area contributed by atoms with Crippen molar-refractivity contribution in [1.82, 2.24) is 5.32 Å². The smallest absolute Gasteiger partial charge is 0.264 e. The summed E-state index contributed by atoms with van der Waals surface area (Å²) in [6.07, 6.45) is 0. The molecule has 0 saturated heterocycles. The number of ether oxygens (including phenoxy) is 2. The highest BCUT2D eigenvalue weighted by atomic mass is 32.2. The van der Waals surface area contributed by atoms with Crippen LogP contribution in [0.2, 0.25) is 0 Å². The molecule has 28 heavy (non-hydrogen) atoms. The van der Waals surface area contributed by atoms with Crippen molar-refractivity contribution in [3.8, 4) is 11.5 Å². The summed E-state index contributed by atoms with van der Waals surface area (Å²) in [6, 6.07) is 11.5. The normalized spacial score (nSPS) is 11.3. The molecule has 0 unspecified atom stereocenters. The molecule has 148 valence electrons. The summed E-state index contributed by atoms with van der Waals surface area (Å²) in [7, 11) is 2.18. The van der Waals surface area contributed by atoms with Crippen LogP contribution in [0.25, 0.3) is 10.1 Å². The fraction of sp³-hybridized carbons (Fsp3) is 0.211. The summed E-state index contributed by atoms with van der Waals surface area (Å²) < 4.78 is 38.6. The van der Waals surface area contributed by atoms with Gasteiger partial charge < -0.3 is 14.8 Å². The Morgan fingerprint density at radius 2 is 1.75 bits per heavy atom. The van der Waals surface area contributed by atoms with E-state index in [1.54, 1.807) is 31.3 Å². The first-order chi connectivity index (χ1) is 13.3. The number of hydrogen-bond acceptors (Lipinski definition) is 6. The maximum absolute atomic E-state index is 13.1. The number of amides is 1. The Bertz CT molecular complexity index is 1140. The molecule has 0 bridgehead atoms. The fourth-order valence-electron chi connectivity index (χ4n) is 2.74. The van der Waals surface area contributed by atoms with E-state index in [2.05, 4.69) is 5.32 Å². The lowest BCUT2D eigenvalue weighted by molar-refractivity contribution is 0.0967. The van der Waals surface area contributed by atoms with E-state index in [-0.39, 0.29) is 10.8 Å². The van der Waals surface area contributed by atoms with Crippen LogP contribution in [0.3, 0.4) is 0 Å². The first kappa shape index (κ1) is 20.0. The zero-order valence-electron chi connectivity index (χ0n) is 15.8. The van der Waals surface area contributed by atoms with Gasteiger partial charge in [0.2, 0.25) is 0 Å². The van der Waals surface area contributed by atoms with Crippen molar-refractivity contribution in [2.45, 2.75) is 4.90 Å². The van der Waals surface area contributed by atoms with Gasteiger partial charge in [-0.2, -0.15) is 0 Å². The molecule has 7 nitrogen and oxygen atoms in total. The van der Waals surface area contributed by atoms with Crippen LogP contribution in [0.15, 0.2) is 47.4 Å². The summed E-state index contributed by atoms with van der Waals surface area (Å²) in [6.45, 7) is 0. The highest BCUT2D eigenvalue weighted by Gasteiger charge is 2.23. The summed E-state index contributed by atoms with van der Waals surface area (Å²) in [5.74, 6) is 0.611. The van der Waals surface area contributed by atoms with Gasteiger partial charge in [0.1, 0.15) is 0 Å². The van der Waals surface area contributed by atoms with Crippen molar-refractivity contribution >= 4 is 43.0 Å². The molecule has 0 atom stereocenters. The molecule has 0 aliphatic carbocycles. The Hall–Kier alpha value is -2.78. The van der Waals surface area contributed by atoms with Gasteiger partial charge in [0.25, 0.3) is 15.9 Å². The zero-order valence-corrected chi connectivity index (χ0v) is 17.5. The molecule has 1 aromatic heterocycles. The Balaban J connectivity index is 2.00. The first-order valence-corrected chi connectivity index (χ1v) is 10.5. The molecule has 0 aliphatic rings. The lowest BCUT2D eigenvalue weighted by Crippen LogP contribution is -2.26. The maximum atomic E-state index is 13.1. The lowest BCUT2D eigenvalue weighted by Gasteiger charge is -2.20. The van der Waals surface area contributed by atoms with Gasteiger partial charge in [0.05, 0.1) is 29.7 Å². The zero-order chi connectivity index (χ0) is 20.5. The molecular formula is C19H20N2O5S2. The minimum absolute atomic E-state index is 0.0871. The number of nitrogens with zero attached hydrogens (tertiary/aromatic N) is 1. The number of benzene rings is 2. The number of fused-ring (bicyclic) bond motifs is 1. The Labute approximate surface area is 167 Å². The van der Waals surface area contributed by atoms with Crippen molar-refractivity contribution in [2.75, 3.05) is 32.6 Å². The van der Waals surface area contributed by atoms with Crippen LogP contribution in [0.1, 0.15) is 9.67 Å². The van der Waals surface area contributed by atoms with Crippen LogP contribution in [-0.2, 0) is 10.0 Å². The highest BCUT2D eigenvalue weighted by Crippen LogP contribution is 2.33. The van der Waals surface area contributed by atoms with E-state index < -0.39 is 10.0 Å². The van der Waals surface area contributed by atoms with Crippen molar-refractivity contribution in [2.24, 2.45) is 0 Å². The first-order valence-electron chi connectivity index (χ1n) is 8.28. The van der Waals surface area contributed by atoms with Gasteiger partial charge in [-0.3, -0.25) is 9.10 Å². The molecule has 1 N–H and O–H groups in total. The Kier molecular flexibility index (Phi) is 5.48. The van der Waals surface area contributed by atoms with E-state index in [4.69, 9.17) is 9.47 Å². The van der Waals surface area contributed by atoms with Crippen molar-refractivity contribution in [3.05, 3.63) is 47.3 Å². The second-order valence-corrected chi connectivity index (χ2v) is 8.95. The number of methoxy groups -OCH3 is 2.